The molecule has 0 aromatic carbocycles. The Kier molecular flexibility index (Phi) is 14.1. The predicted octanol–water partition coefficient (Wildman–Crippen LogP) is 9.77. The molecule has 0 unspecified atom stereocenters. The topological polar surface area (TPSA) is 229 Å². The fourth-order valence-electron chi connectivity index (χ4n) is 15.7. The van der Waals surface area contributed by atoms with Gasteiger partial charge in [0.15, 0.2) is 0 Å². The van der Waals surface area contributed by atoms with Crippen LogP contribution in [0.4, 0.5) is 0 Å². The summed E-state index contributed by atoms with van der Waals surface area (Å²) in [4.78, 5) is 81.7. The van der Waals surface area contributed by atoms with Crippen LogP contribution in [0.25, 0.3) is 10.4 Å². The number of carbonyl (C=O) groups excluding carboxylic acids is 3. The van der Waals surface area contributed by atoms with Gasteiger partial charge >= 0.3 is 29.6 Å². The standard InChI is InChI=1S/C53H79N5O11/c1-30(2)32-15-20-53(29-67-41(60)25-47(4,5)24-40(59)66-28-35-34(56-57-54)23-39(68-35)58-27-31(3)44(62)55-46(58)65)22-21-51(11)33(43(32)53)13-14-37-50(10)18-17-38(69-42(61)26-48(6,7)45(63)64)49(8,9)36(50)16-19-52(37,51)12/h27,32-39,43H,1,13-26,28-29H2,2-12H3,(H,63,64)(H,55,62,65)/t32-,33+,34-,35+,36-,37+,38-,39+,43+,50-,51+,52+,53+/m0/s1. The lowest BCUT2D eigenvalue weighted by atomic mass is 9.32. The molecule has 1 aliphatic heterocycles. The summed E-state index contributed by atoms with van der Waals surface area (Å²) in [7, 11) is 0. The van der Waals surface area contributed by atoms with E-state index in [4.69, 9.17) is 18.9 Å². The van der Waals surface area contributed by atoms with Crippen LogP contribution in [0.1, 0.15) is 171 Å². The molecule has 0 spiro atoms. The Hall–Kier alpha value is -4.43. The molecular formula is C53H79N5O11. The van der Waals surface area contributed by atoms with Crippen molar-refractivity contribution in [2.45, 2.75) is 191 Å². The molecule has 1 saturated heterocycles. The number of carboxylic acids is 1. The summed E-state index contributed by atoms with van der Waals surface area (Å²) in [6.07, 6.45) is 9.47. The number of rotatable bonds is 15. The number of ether oxygens (including phenoxy) is 4. The third kappa shape index (κ3) is 9.46. The van der Waals surface area contributed by atoms with Gasteiger partial charge in [-0.3, -0.25) is 33.5 Å². The molecule has 382 valence electrons. The first-order chi connectivity index (χ1) is 32.0. The molecule has 6 fully saturated rings. The molecular weight excluding hydrogens is 883 g/mol. The molecule has 69 heavy (non-hydrogen) atoms. The van der Waals surface area contributed by atoms with Crippen LogP contribution in [-0.4, -0.2) is 70.0 Å². The molecule has 2 heterocycles. The molecule has 5 saturated carbocycles. The highest BCUT2D eigenvalue weighted by Gasteiger charge is 2.71. The summed E-state index contributed by atoms with van der Waals surface area (Å²) >= 11 is 0. The highest BCUT2D eigenvalue weighted by molar-refractivity contribution is 5.81. The number of carboxylic acid groups (broad SMARTS) is 1. The van der Waals surface area contributed by atoms with E-state index in [1.807, 2.05) is 13.8 Å². The second kappa shape index (κ2) is 18.6. The monoisotopic (exact) mass is 962 g/mol. The Balaban J connectivity index is 0.984. The van der Waals surface area contributed by atoms with Crippen LogP contribution in [0.5, 0.6) is 0 Å². The maximum atomic E-state index is 13.8. The largest absolute Gasteiger partial charge is 0.481 e. The fourth-order valence-corrected chi connectivity index (χ4v) is 15.7. The lowest BCUT2D eigenvalue weighted by molar-refractivity contribution is -0.252. The van der Waals surface area contributed by atoms with Crippen LogP contribution in [0.15, 0.2) is 33.1 Å². The summed E-state index contributed by atoms with van der Waals surface area (Å²) in [6.45, 7) is 27.4. The number of esters is 3. The number of aromatic nitrogens is 2. The number of allylic oxidation sites excluding steroid dienone is 1. The first-order valence-electron chi connectivity index (χ1n) is 25.5. The van der Waals surface area contributed by atoms with Crippen molar-refractivity contribution in [3.05, 3.63) is 55.2 Å². The number of aliphatic carboxylic acids is 1. The number of nitrogens with one attached hydrogen (secondary N) is 1. The molecule has 16 nitrogen and oxygen atoms in total. The minimum absolute atomic E-state index is 0.0158. The van der Waals surface area contributed by atoms with Gasteiger partial charge in [0.2, 0.25) is 0 Å². The van der Waals surface area contributed by atoms with E-state index in [0.29, 0.717) is 41.8 Å². The maximum Gasteiger partial charge on any atom is 0.330 e. The van der Waals surface area contributed by atoms with E-state index in [0.717, 1.165) is 64.2 Å². The molecule has 0 amide bonds. The number of carbonyl (C=O) groups is 4. The van der Waals surface area contributed by atoms with Gasteiger partial charge in [-0.25, -0.2) is 4.79 Å². The minimum atomic E-state index is -1.19. The van der Waals surface area contributed by atoms with Crippen LogP contribution < -0.4 is 11.2 Å². The van der Waals surface area contributed by atoms with Gasteiger partial charge in [-0.05, 0) is 149 Å². The fraction of sp³-hybridized carbons (Fsp3) is 0.811. The molecule has 16 heteroatoms. The number of aryl methyl sites for hydroxylation is 1. The van der Waals surface area contributed by atoms with Gasteiger partial charge in [0, 0.05) is 33.9 Å². The summed E-state index contributed by atoms with van der Waals surface area (Å²) in [5.74, 6) is -0.410. The van der Waals surface area contributed by atoms with Crippen molar-refractivity contribution in [3.63, 3.8) is 0 Å². The van der Waals surface area contributed by atoms with Crippen molar-refractivity contribution < 1.29 is 43.2 Å². The Bertz CT molecular complexity index is 2380. The Morgan fingerprint density at radius 3 is 2.23 bits per heavy atom. The highest BCUT2D eigenvalue weighted by atomic mass is 16.6. The highest BCUT2D eigenvalue weighted by Crippen LogP contribution is 2.77. The van der Waals surface area contributed by atoms with Gasteiger partial charge in [-0.15, -0.1) is 0 Å². The predicted molar refractivity (Wildman–Crippen MR) is 257 cm³/mol. The van der Waals surface area contributed by atoms with Crippen molar-refractivity contribution >= 4 is 23.9 Å². The zero-order valence-electron chi connectivity index (χ0n) is 43.1. The number of azide groups is 1. The molecule has 2 N–H and O–H groups in total. The number of hydrogen-bond donors (Lipinski definition) is 2. The molecule has 6 aliphatic rings. The number of H-pyrrole nitrogens is 1. The van der Waals surface area contributed by atoms with Crippen molar-refractivity contribution in [2.75, 3.05) is 13.2 Å². The van der Waals surface area contributed by atoms with Crippen LogP contribution in [0, 0.1) is 74.4 Å². The van der Waals surface area contributed by atoms with Gasteiger partial charge in [0.1, 0.15) is 25.0 Å². The molecule has 1 aromatic rings. The lowest BCUT2D eigenvalue weighted by Gasteiger charge is -2.73. The Labute approximate surface area is 407 Å². The summed E-state index contributed by atoms with van der Waals surface area (Å²) in [5.41, 5.74) is 7.31. The SMILES string of the molecule is C=C(C)[C@@H]1CC[C@]2(COC(=O)CC(C)(C)CC(=O)OC[C@H]3O[C@@H](n4cc(C)c(=O)[nH]c4=O)C[C@@H]3N=[N+]=[N-])CC[C@]3(C)[C@H](CC[C@@H]4[C@@]5(C)CC[C@H](OC(=O)CC(C)(C)C(=O)O)C(C)(C)[C@@H]5CC[C@]43C)[C@@H]12. The molecule has 5 aliphatic carbocycles. The van der Waals surface area contributed by atoms with E-state index in [1.54, 1.807) is 20.8 Å². The van der Waals surface area contributed by atoms with Gasteiger partial charge < -0.3 is 24.1 Å². The molecule has 13 atom stereocenters. The van der Waals surface area contributed by atoms with E-state index in [9.17, 15) is 39.4 Å². The molecule has 7 rings (SSSR count). The van der Waals surface area contributed by atoms with Crippen molar-refractivity contribution in [1.29, 1.82) is 0 Å². The van der Waals surface area contributed by atoms with Crippen LogP contribution >= 0.6 is 0 Å². The third-order valence-electron chi connectivity index (χ3n) is 19.7. The first kappa shape index (κ1) is 52.4. The summed E-state index contributed by atoms with van der Waals surface area (Å²) < 4.78 is 25.4. The second-order valence-corrected chi connectivity index (χ2v) is 25.2. The van der Waals surface area contributed by atoms with Crippen LogP contribution in [-0.2, 0) is 38.1 Å². The van der Waals surface area contributed by atoms with Crippen molar-refractivity contribution in [1.82, 2.24) is 9.55 Å². The average Bonchev–Trinajstić information content (AvgIpc) is 3.83. The normalized spacial score (nSPS) is 36.9. The van der Waals surface area contributed by atoms with Crippen LogP contribution in [0.2, 0.25) is 0 Å². The molecule has 1 aromatic heterocycles. The zero-order chi connectivity index (χ0) is 50.9. The summed E-state index contributed by atoms with van der Waals surface area (Å²) in [5, 5.41) is 13.5. The number of fused-ring (bicyclic) bond motifs is 7. The lowest BCUT2D eigenvalue weighted by Crippen LogP contribution is -2.67. The zero-order valence-corrected chi connectivity index (χ0v) is 43.1. The van der Waals surface area contributed by atoms with E-state index >= 15 is 0 Å². The van der Waals surface area contributed by atoms with Gasteiger partial charge in [0.25, 0.3) is 5.56 Å². The number of aromatic amines is 1. The van der Waals surface area contributed by atoms with E-state index in [1.165, 1.54) is 16.3 Å². The quantitative estimate of drug-likeness (QED) is 0.0420. The second-order valence-electron chi connectivity index (χ2n) is 25.2. The van der Waals surface area contributed by atoms with Crippen molar-refractivity contribution in [2.24, 2.45) is 72.6 Å². The van der Waals surface area contributed by atoms with E-state index in [2.05, 4.69) is 63.1 Å². The van der Waals surface area contributed by atoms with Crippen molar-refractivity contribution in [3.8, 4) is 0 Å². The van der Waals surface area contributed by atoms with E-state index < -0.39 is 58.4 Å². The first-order valence-corrected chi connectivity index (χ1v) is 25.5. The van der Waals surface area contributed by atoms with Gasteiger partial charge in [0.05, 0.1) is 37.3 Å². The molecule has 0 bridgehead atoms. The number of nitrogens with zero attached hydrogens (tertiary/aromatic N) is 4. The molecule has 0 radical (unpaired) electrons. The van der Waals surface area contributed by atoms with Gasteiger partial charge in [-0.1, -0.05) is 65.7 Å². The Morgan fingerprint density at radius 1 is 0.899 bits per heavy atom. The minimum Gasteiger partial charge on any atom is -0.481 e. The number of hydrogen-bond acceptors (Lipinski definition) is 11. The smallest absolute Gasteiger partial charge is 0.330 e. The van der Waals surface area contributed by atoms with E-state index in [-0.39, 0.29) is 71.4 Å². The maximum absolute atomic E-state index is 13.8. The summed E-state index contributed by atoms with van der Waals surface area (Å²) in [6, 6.07) is -0.725. The Morgan fingerprint density at radius 2 is 1.58 bits per heavy atom. The average molecular weight is 962 g/mol. The van der Waals surface area contributed by atoms with Gasteiger partial charge in [-0.2, -0.15) is 0 Å². The third-order valence-corrected chi connectivity index (χ3v) is 19.7. The van der Waals surface area contributed by atoms with Crippen LogP contribution in [0.3, 0.4) is 0 Å².